The number of esters is 1. The number of hydrogen-bond donors (Lipinski definition) is 2. The third-order valence-electron chi connectivity index (χ3n) is 3.48. The standard InChI is InChI=1S/C16H14ClN3O7S/c1-9(15(21)19-11-3-5-12(6-4-11)28(18,25)26)27-16(22)13-7-2-10(17)8-14(13)20(23)24/h2-9H,1H3,(H,19,21)(H2,18,25,26). The maximum absolute atomic E-state index is 12.2. The van der Waals surface area contributed by atoms with Gasteiger partial charge < -0.3 is 10.1 Å². The average molecular weight is 428 g/mol. The fourth-order valence-corrected chi connectivity index (χ4v) is 2.76. The lowest BCUT2D eigenvalue weighted by molar-refractivity contribution is -0.385. The van der Waals surface area contributed by atoms with Gasteiger partial charge in [-0.3, -0.25) is 14.9 Å². The van der Waals surface area contributed by atoms with Crippen molar-refractivity contribution in [3.8, 4) is 0 Å². The molecule has 0 aliphatic heterocycles. The van der Waals surface area contributed by atoms with Crippen LogP contribution in [0.3, 0.4) is 0 Å². The molecule has 12 heteroatoms. The number of carbonyl (C=O) groups is 2. The number of rotatable bonds is 6. The fourth-order valence-electron chi connectivity index (χ4n) is 2.08. The first kappa shape index (κ1) is 21.3. The summed E-state index contributed by atoms with van der Waals surface area (Å²) in [6.07, 6.45) is -1.29. The zero-order valence-electron chi connectivity index (χ0n) is 14.3. The van der Waals surface area contributed by atoms with Gasteiger partial charge in [-0.2, -0.15) is 0 Å². The first-order valence-electron chi connectivity index (χ1n) is 7.57. The molecule has 0 aromatic heterocycles. The largest absolute Gasteiger partial charge is 0.449 e. The summed E-state index contributed by atoms with van der Waals surface area (Å²) in [6.45, 7) is 1.27. The minimum Gasteiger partial charge on any atom is -0.449 e. The van der Waals surface area contributed by atoms with Crippen molar-refractivity contribution in [2.24, 2.45) is 5.14 Å². The topological polar surface area (TPSA) is 159 Å². The molecule has 148 valence electrons. The Morgan fingerprint density at radius 3 is 2.36 bits per heavy atom. The molecule has 0 radical (unpaired) electrons. The summed E-state index contributed by atoms with van der Waals surface area (Å²) in [4.78, 5) is 34.4. The van der Waals surface area contributed by atoms with Gasteiger partial charge in [0.05, 0.1) is 9.82 Å². The van der Waals surface area contributed by atoms with Crippen LogP contribution in [0.4, 0.5) is 11.4 Å². The summed E-state index contributed by atoms with van der Waals surface area (Å²) in [5, 5.41) is 18.5. The lowest BCUT2D eigenvalue weighted by Gasteiger charge is -2.14. The smallest absolute Gasteiger partial charge is 0.345 e. The first-order valence-corrected chi connectivity index (χ1v) is 9.50. The Bertz CT molecular complexity index is 1040. The number of nitrogens with two attached hydrogens (primary N) is 1. The minimum atomic E-state index is -3.87. The summed E-state index contributed by atoms with van der Waals surface area (Å²) >= 11 is 5.69. The molecule has 2 aromatic rings. The van der Waals surface area contributed by atoms with Crippen molar-refractivity contribution >= 4 is 44.9 Å². The van der Waals surface area contributed by atoms with Crippen LogP contribution < -0.4 is 10.5 Å². The normalized spacial score (nSPS) is 12.1. The molecule has 0 fully saturated rings. The number of nitrogens with zero attached hydrogens (tertiary/aromatic N) is 1. The van der Waals surface area contributed by atoms with Crippen LogP contribution in [0.15, 0.2) is 47.4 Å². The number of nitrogens with one attached hydrogen (secondary N) is 1. The van der Waals surface area contributed by atoms with Crippen LogP contribution in [0.2, 0.25) is 5.02 Å². The molecule has 0 aliphatic rings. The van der Waals surface area contributed by atoms with E-state index in [4.69, 9.17) is 21.5 Å². The number of nitro groups is 1. The van der Waals surface area contributed by atoms with Crippen molar-refractivity contribution in [3.63, 3.8) is 0 Å². The van der Waals surface area contributed by atoms with Gasteiger partial charge in [0.25, 0.3) is 11.6 Å². The van der Waals surface area contributed by atoms with E-state index in [1.165, 1.54) is 37.3 Å². The van der Waals surface area contributed by atoms with Crippen molar-refractivity contribution in [2.45, 2.75) is 17.9 Å². The number of anilines is 1. The van der Waals surface area contributed by atoms with E-state index in [1.54, 1.807) is 0 Å². The van der Waals surface area contributed by atoms with Crippen LogP contribution in [-0.2, 0) is 19.6 Å². The predicted molar refractivity (Wildman–Crippen MR) is 99.4 cm³/mol. The molecule has 2 rings (SSSR count). The molecule has 0 spiro atoms. The number of hydrogen-bond acceptors (Lipinski definition) is 7. The zero-order valence-corrected chi connectivity index (χ0v) is 15.9. The molecule has 0 heterocycles. The van der Waals surface area contributed by atoms with E-state index in [2.05, 4.69) is 5.32 Å². The van der Waals surface area contributed by atoms with Gasteiger partial charge in [0, 0.05) is 16.8 Å². The summed E-state index contributed by atoms with van der Waals surface area (Å²) < 4.78 is 27.4. The molecule has 0 bridgehead atoms. The van der Waals surface area contributed by atoms with Gasteiger partial charge in [0.1, 0.15) is 5.56 Å². The fraction of sp³-hybridized carbons (Fsp3) is 0.125. The van der Waals surface area contributed by atoms with Crippen molar-refractivity contribution < 1.29 is 27.7 Å². The second-order valence-electron chi connectivity index (χ2n) is 5.52. The maximum atomic E-state index is 12.2. The summed E-state index contributed by atoms with van der Waals surface area (Å²) in [5.74, 6) is -1.80. The highest BCUT2D eigenvalue weighted by molar-refractivity contribution is 7.89. The Kier molecular flexibility index (Phi) is 6.33. The lowest BCUT2D eigenvalue weighted by atomic mass is 10.2. The van der Waals surface area contributed by atoms with E-state index in [-0.39, 0.29) is 21.2 Å². The lowest BCUT2D eigenvalue weighted by Crippen LogP contribution is -2.30. The molecule has 0 saturated carbocycles. The number of nitro benzene ring substituents is 1. The highest BCUT2D eigenvalue weighted by atomic mass is 35.5. The van der Waals surface area contributed by atoms with E-state index >= 15 is 0 Å². The van der Waals surface area contributed by atoms with Crippen LogP contribution >= 0.6 is 11.6 Å². The number of sulfonamides is 1. The van der Waals surface area contributed by atoms with Gasteiger partial charge in [-0.1, -0.05) is 11.6 Å². The molecule has 1 amide bonds. The monoisotopic (exact) mass is 427 g/mol. The second kappa shape index (κ2) is 8.33. The average Bonchev–Trinajstić information content (AvgIpc) is 2.61. The summed E-state index contributed by atoms with van der Waals surface area (Å²) in [6, 6.07) is 8.39. The molecule has 2 aromatic carbocycles. The SMILES string of the molecule is CC(OC(=O)c1ccc(Cl)cc1[N+](=O)[O-])C(=O)Nc1ccc(S(N)(=O)=O)cc1. The molecular formula is C16H14ClN3O7S. The highest BCUT2D eigenvalue weighted by Gasteiger charge is 2.25. The van der Waals surface area contributed by atoms with Crippen molar-refractivity contribution in [1.29, 1.82) is 0 Å². The van der Waals surface area contributed by atoms with Crippen LogP contribution in [0.25, 0.3) is 0 Å². The number of carbonyl (C=O) groups excluding carboxylic acids is 2. The summed E-state index contributed by atoms with van der Waals surface area (Å²) in [7, 11) is -3.87. The Labute approximate surface area is 164 Å². The van der Waals surface area contributed by atoms with Crippen molar-refractivity contribution in [3.05, 3.63) is 63.2 Å². The van der Waals surface area contributed by atoms with E-state index in [0.717, 1.165) is 12.1 Å². The van der Waals surface area contributed by atoms with Crippen LogP contribution in [0.1, 0.15) is 17.3 Å². The van der Waals surface area contributed by atoms with Gasteiger partial charge >= 0.3 is 5.97 Å². The number of primary sulfonamides is 1. The number of halogens is 1. The van der Waals surface area contributed by atoms with E-state index in [0.29, 0.717) is 0 Å². The van der Waals surface area contributed by atoms with E-state index in [9.17, 15) is 28.1 Å². The number of ether oxygens (including phenoxy) is 1. The van der Waals surface area contributed by atoms with Crippen molar-refractivity contribution in [2.75, 3.05) is 5.32 Å². The molecule has 3 N–H and O–H groups in total. The van der Waals surface area contributed by atoms with Gasteiger partial charge in [-0.15, -0.1) is 0 Å². The molecule has 28 heavy (non-hydrogen) atoms. The van der Waals surface area contributed by atoms with Crippen LogP contribution in [0, 0.1) is 10.1 Å². The Morgan fingerprint density at radius 1 is 1.21 bits per heavy atom. The van der Waals surface area contributed by atoms with Gasteiger partial charge in [-0.25, -0.2) is 18.4 Å². The highest BCUT2D eigenvalue weighted by Crippen LogP contribution is 2.24. The van der Waals surface area contributed by atoms with Gasteiger partial charge in [0.2, 0.25) is 10.0 Å². The van der Waals surface area contributed by atoms with Gasteiger partial charge in [-0.05, 0) is 43.3 Å². The van der Waals surface area contributed by atoms with Gasteiger partial charge in [0.15, 0.2) is 6.10 Å². The van der Waals surface area contributed by atoms with E-state index < -0.39 is 38.6 Å². The Balaban J connectivity index is 2.08. The number of amides is 1. The quantitative estimate of drug-likeness (QED) is 0.405. The third kappa shape index (κ3) is 5.25. The Morgan fingerprint density at radius 2 is 1.82 bits per heavy atom. The van der Waals surface area contributed by atoms with Crippen LogP contribution in [0.5, 0.6) is 0 Å². The zero-order chi connectivity index (χ0) is 21.1. The maximum Gasteiger partial charge on any atom is 0.345 e. The van der Waals surface area contributed by atoms with E-state index in [1.807, 2.05) is 0 Å². The summed E-state index contributed by atoms with van der Waals surface area (Å²) in [5.41, 5.74) is -0.673. The number of benzene rings is 2. The van der Waals surface area contributed by atoms with Crippen LogP contribution in [-0.4, -0.2) is 31.3 Å². The minimum absolute atomic E-state index is 0.0666. The molecular weight excluding hydrogens is 414 g/mol. The molecule has 0 saturated heterocycles. The van der Waals surface area contributed by atoms with Crippen molar-refractivity contribution in [1.82, 2.24) is 0 Å². The molecule has 1 atom stereocenters. The second-order valence-corrected chi connectivity index (χ2v) is 7.52. The first-order chi connectivity index (χ1) is 13.0. The molecule has 1 unspecified atom stereocenters. The predicted octanol–water partition coefficient (Wildman–Crippen LogP) is 2.08. The molecule has 10 nitrogen and oxygen atoms in total. The Hall–Kier alpha value is -3.02. The molecule has 0 aliphatic carbocycles. The third-order valence-corrected chi connectivity index (χ3v) is 4.64.